The second-order valence-corrected chi connectivity index (χ2v) is 4.54. The van der Waals surface area contributed by atoms with Crippen molar-refractivity contribution < 1.29 is 0 Å². The van der Waals surface area contributed by atoms with Gasteiger partial charge in [0.2, 0.25) is 0 Å². The van der Waals surface area contributed by atoms with Gasteiger partial charge in [0.1, 0.15) is 12.1 Å². The summed E-state index contributed by atoms with van der Waals surface area (Å²) in [5.41, 5.74) is 5.70. The molecule has 1 aromatic rings. The van der Waals surface area contributed by atoms with E-state index in [1.54, 1.807) is 6.33 Å². The van der Waals surface area contributed by atoms with Gasteiger partial charge in [0.05, 0.1) is 3.57 Å². The van der Waals surface area contributed by atoms with E-state index in [1.165, 1.54) is 0 Å². The van der Waals surface area contributed by atoms with Gasteiger partial charge in [-0.1, -0.05) is 0 Å². The highest BCUT2D eigenvalue weighted by atomic mass is 127. The lowest BCUT2D eigenvalue weighted by molar-refractivity contribution is 0.655. The Kier molecular flexibility index (Phi) is 4.53. The number of nitrogens with two attached hydrogens (primary N) is 1. The first-order chi connectivity index (χ1) is 6.61. The lowest BCUT2D eigenvalue weighted by Crippen LogP contribution is -2.27. The molecular formula is C9H15IN4. The predicted molar refractivity (Wildman–Crippen MR) is 66.3 cm³/mol. The zero-order chi connectivity index (χ0) is 10.6. The van der Waals surface area contributed by atoms with E-state index in [1.807, 2.05) is 20.2 Å². The molecule has 0 saturated heterocycles. The molecule has 78 valence electrons. The first-order valence-electron chi connectivity index (χ1n) is 4.53. The molecule has 1 atom stereocenters. The molecule has 2 N–H and O–H groups in total. The summed E-state index contributed by atoms with van der Waals surface area (Å²) in [6, 6.07) is 0.233. The Labute approximate surface area is 98.1 Å². The van der Waals surface area contributed by atoms with Crippen LogP contribution in [-0.4, -0.2) is 29.6 Å². The third kappa shape index (κ3) is 3.38. The van der Waals surface area contributed by atoms with Gasteiger partial charge in [-0.3, -0.25) is 0 Å². The lowest BCUT2D eigenvalue weighted by atomic mass is 10.2. The van der Waals surface area contributed by atoms with Gasteiger partial charge in [-0.2, -0.15) is 0 Å². The Morgan fingerprint density at radius 1 is 1.64 bits per heavy atom. The van der Waals surface area contributed by atoms with Crippen molar-refractivity contribution in [3.63, 3.8) is 0 Å². The van der Waals surface area contributed by atoms with Crippen molar-refractivity contribution in [2.75, 3.05) is 18.5 Å². The molecule has 14 heavy (non-hydrogen) atoms. The molecule has 0 bridgehead atoms. The first-order valence-corrected chi connectivity index (χ1v) is 5.61. The van der Waals surface area contributed by atoms with Crippen LogP contribution in [0.5, 0.6) is 0 Å². The fourth-order valence-electron chi connectivity index (χ4n) is 1.09. The molecule has 5 heteroatoms. The second kappa shape index (κ2) is 5.45. The van der Waals surface area contributed by atoms with E-state index in [9.17, 15) is 0 Å². The van der Waals surface area contributed by atoms with Crippen molar-refractivity contribution in [3.8, 4) is 0 Å². The van der Waals surface area contributed by atoms with Crippen LogP contribution in [0.3, 0.4) is 0 Å². The summed E-state index contributed by atoms with van der Waals surface area (Å²) in [6.07, 6.45) is 4.35. The molecular weight excluding hydrogens is 291 g/mol. The van der Waals surface area contributed by atoms with E-state index >= 15 is 0 Å². The van der Waals surface area contributed by atoms with Crippen LogP contribution in [0.15, 0.2) is 12.5 Å². The molecule has 0 radical (unpaired) electrons. The van der Waals surface area contributed by atoms with Crippen LogP contribution in [0.25, 0.3) is 0 Å². The van der Waals surface area contributed by atoms with Gasteiger partial charge in [0.25, 0.3) is 0 Å². The number of hydrogen-bond donors (Lipinski definition) is 1. The average molecular weight is 306 g/mol. The van der Waals surface area contributed by atoms with Gasteiger partial charge < -0.3 is 10.6 Å². The normalized spacial score (nSPS) is 12.6. The van der Waals surface area contributed by atoms with Crippen LogP contribution in [0, 0.1) is 3.57 Å². The van der Waals surface area contributed by atoms with Gasteiger partial charge in [-0.15, -0.1) is 0 Å². The van der Waals surface area contributed by atoms with E-state index in [4.69, 9.17) is 5.73 Å². The average Bonchev–Trinajstić information content (AvgIpc) is 2.15. The van der Waals surface area contributed by atoms with Crippen LogP contribution in [-0.2, 0) is 0 Å². The van der Waals surface area contributed by atoms with Gasteiger partial charge in [0.15, 0.2) is 0 Å². The van der Waals surface area contributed by atoms with Gasteiger partial charge in [-0.05, 0) is 35.9 Å². The summed E-state index contributed by atoms with van der Waals surface area (Å²) in [7, 11) is 2.02. The van der Waals surface area contributed by atoms with Crippen molar-refractivity contribution in [3.05, 3.63) is 16.1 Å². The molecule has 1 aromatic heterocycles. The summed E-state index contributed by atoms with van der Waals surface area (Å²) < 4.78 is 1.07. The van der Waals surface area contributed by atoms with Crippen LogP contribution in [0.4, 0.5) is 5.82 Å². The van der Waals surface area contributed by atoms with E-state index in [-0.39, 0.29) is 6.04 Å². The van der Waals surface area contributed by atoms with Gasteiger partial charge in [0, 0.05) is 25.8 Å². The zero-order valence-electron chi connectivity index (χ0n) is 8.44. The van der Waals surface area contributed by atoms with Gasteiger partial charge in [-0.25, -0.2) is 9.97 Å². The summed E-state index contributed by atoms with van der Waals surface area (Å²) in [5, 5.41) is 0. The Bertz CT molecular complexity index is 290. The number of hydrogen-bond acceptors (Lipinski definition) is 4. The molecule has 0 aromatic carbocycles. The Morgan fingerprint density at radius 3 is 2.93 bits per heavy atom. The van der Waals surface area contributed by atoms with Crippen LogP contribution in [0.1, 0.15) is 13.3 Å². The monoisotopic (exact) mass is 306 g/mol. The largest absolute Gasteiger partial charge is 0.359 e. The minimum Gasteiger partial charge on any atom is -0.359 e. The topological polar surface area (TPSA) is 55.0 Å². The van der Waals surface area contributed by atoms with Crippen molar-refractivity contribution in [1.29, 1.82) is 0 Å². The standard InChI is InChI=1S/C9H15IN4/c1-7(11)3-4-14(2)9-8(10)5-12-6-13-9/h5-7H,3-4,11H2,1-2H3. The Hall–Kier alpha value is -0.430. The highest BCUT2D eigenvalue weighted by Gasteiger charge is 2.07. The van der Waals surface area contributed by atoms with Crippen molar-refractivity contribution in [2.45, 2.75) is 19.4 Å². The third-order valence-electron chi connectivity index (χ3n) is 1.93. The molecule has 1 rings (SSSR count). The lowest BCUT2D eigenvalue weighted by Gasteiger charge is -2.19. The number of halogens is 1. The summed E-state index contributed by atoms with van der Waals surface area (Å²) in [4.78, 5) is 10.3. The van der Waals surface area contributed by atoms with E-state index in [2.05, 4.69) is 37.5 Å². The summed E-state index contributed by atoms with van der Waals surface area (Å²) in [6.45, 7) is 2.93. The number of rotatable bonds is 4. The highest BCUT2D eigenvalue weighted by Crippen LogP contribution is 2.16. The van der Waals surface area contributed by atoms with Crippen molar-refractivity contribution >= 4 is 28.4 Å². The van der Waals surface area contributed by atoms with Crippen molar-refractivity contribution in [2.24, 2.45) is 5.73 Å². The summed E-state index contributed by atoms with van der Waals surface area (Å²) in [5.74, 6) is 0.973. The smallest absolute Gasteiger partial charge is 0.145 e. The van der Waals surface area contributed by atoms with E-state index in [0.29, 0.717) is 0 Å². The molecule has 1 unspecified atom stereocenters. The second-order valence-electron chi connectivity index (χ2n) is 3.38. The Balaban J connectivity index is 2.60. The SMILES string of the molecule is CC(N)CCN(C)c1ncncc1I. The fourth-order valence-corrected chi connectivity index (χ4v) is 1.80. The van der Waals surface area contributed by atoms with Crippen LogP contribution < -0.4 is 10.6 Å². The molecule has 0 aliphatic rings. The number of nitrogens with zero attached hydrogens (tertiary/aromatic N) is 3. The van der Waals surface area contributed by atoms with Crippen LogP contribution in [0.2, 0.25) is 0 Å². The van der Waals surface area contributed by atoms with E-state index in [0.717, 1.165) is 22.4 Å². The summed E-state index contributed by atoms with van der Waals surface area (Å²) >= 11 is 2.23. The molecule has 0 aliphatic heterocycles. The maximum Gasteiger partial charge on any atom is 0.145 e. The molecule has 0 spiro atoms. The molecule has 4 nitrogen and oxygen atoms in total. The maximum absolute atomic E-state index is 5.70. The van der Waals surface area contributed by atoms with E-state index < -0.39 is 0 Å². The first kappa shape index (κ1) is 11.6. The maximum atomic E-state index is 5.70. The molecule has 0 fully saturated rings. The Morgan fingerprint density at radius 2 is 2.36 bits per heavy atom. The van der Waals surface area contributed by atoms with Crippen molar-refractivity contribution in [1.82, 2.24) is 9.97 Å². The predicted octanol–water partition coefficient (Wildman–Crippen LogP) is 1.25. The number of anilines is 1. The molecule has 0 amide bonds. The van der Waals surface area contributed by atoms with Crippen LogP contribution >= 0.6 is 22.6 Å². The molecule has 0 aliphatic carbocycles. The number of aromatic nitrogens is 2. The molecule has 0 saturated carbocycles. The molecule has 1 heterocycles. The fraction of sp³-hybridized carbons (Fsp3) is 0.556. The highest BCUT2D eigenvalue weighted by molar-refractivity contribution is 14.1. The van der Waals surface area contributed by atoms with Gasteiger partial charge >= 0.3 is 0 Å². The quantitative estimate of drug-likeness (QED) is 0.851. The minimum absolute atomic E-state index is 0.233. The third-order valence-corrected chi connectivity index (χ3v) is 2.69. The minimum atomic E-state index is 0.233. The zero-order valence-corrected chi connectivity index (χ0v) is 10.6.